The highest BCUT2D eigenvalue weighted by atomic mass is 79.9. The monoisotopic (exact) mass is 298 g/mol. The number of hydrogen-bond acceptors (Lipinski definition) is 3. The van der Waals surface area contributed by atoms with Crippen LogP contribution in [0.15, 0.2) is 16.9 Å². The number of nitrogens with zero attached hydrogens (tertiary/aromatic N) is 2. The van der Waals surface area contributed by atoms with Crippen LogP contribution >= 0.6 is 15.9 Å². The minimum Gasteiger partial charge on any atom is -0.443 e. The van der Waals surface area contributed by atoms with E-state index in [0.717, 1.165) is 22.1 Å². The highest BCUT2D eigenvalue weighted by molar-refractivity contribution is 9.10. The molecular formula is C12H15BrN2O2. The summed E-state index contributed by atoms with van der Waals surface area (Å²) in [5.74, 6) is 0. The molecule has 4 nitrogen and oxygen atoms in total. The first kappa shape index (κ1) is 12.4. The van der Waals surface area contributed by atoms with Crippen molar-refractivity contribution in [3.63, 3.8) is 0 Å². The van der Waals surface area contributed by atoms with Crippen molar-refractivity contribution in [3.05, 3.63) is 22.4 Å². The minimum atomic E-state index is -0.473. The number of fused-ring (bicyclic) bond motifs is 1. The Morgan fingerprint density at radius 3 is 2.82 bits per heavy atom. The third kappa shape index (κ3) is 2.60. The summed E-state index contributed by atoms with van der Waals surface area (Å²) >= 11 is 3.42. The number of rotatable bonds is 0. The molecule has 1 aromatic heterocycles. The van der Waals surface area contributed by atoms with E-state index in [0.29, 0.717) is 6.54 Å². The molecule has 1 amide bonds. The second-order valence-corrected chi connectivity index (χ2v) is 5.87. The van der Waals surface area contributed by atoms with Gasteiger partial charge in [-0.1, -0.05) is 0 Å². The number of hydrogen-bond donors (Lipinski definition) is 0. The molecule has 0 atom stereocenters. The van der Waals surface area contributed by atoms with Crippen LogP contribution in [0.3, 0.4) is 0 Å². The van der Waals surface area contributed by atoms with Crippen LogP contribution in [0, 0.1) is 0 Å². The number of aromatic nitrogens is 1. The van der Waals surface area contributed by atoms with Gasteiger partial charge < -0.3 is 4.74 Å². The van der Waals surface area contributed by atoms with Gasteiger partial charge in [0, 0.05) is 18.9 Å². The Morgan fingerprint density at radius 2 is 2.18 bits per heavy atom. The van der Waals surface area contributed by atoms with Crippen molar-refractivity contribution in [3.8, 4) is 0 Å². The van der Waals surface area contributed by atoms with Gasteiger partial charge in [0.05, 0.1) is 10.2 Å². The van der Waals surface area contributed by atoms with Crippen molar-refractivity contribution in [2.75, 3.05) is 11.4 Å². The molecule has 0 radical (unpaired) electrons. The van der Waals surface area contributed by atoms with Gasteiger partial charge in [0.2, 0.25) is 0 Å². The van der Waals surface area contributed by atoms with Crippen LogP contribution in [0.4, 0.5) is 10.5 Å². The summed E-state index contributed by atoms with van der Waals surface area (Å²) in [5.41, 5.74) is 1.48. The molecule has 0 N–H and O–H groups in total. The standard InChI is InChI=1S/C12H15BrN2O2/c1-12(2,3)17-11(16)15-5-4-8-6-14-7-9(13)10(8)15/h6-7H,4-5H2,1-3H3. The average molecular weight is 299 g/mol. The Kier molecular flexibility index (Phi) is 3.12. The molecule has 2 heterocycles. The molecule has 0 saturated carbocycles. The lowest BCUT2D eigenvalue weighted by atomic mass is 10.2. The highest BCUT2D eigenvalue weighted by Crippen LogP contribution is 2.35. The van der Waals surface area contributed by atoms with E-state index in [1.165, 1.54) is 0 Å². The Balaban J connectivity index is 2.25. The second-order valence-electron chi connectivity index (χ2n) is 5.01. The Hall–Kier alpha value is -1.10. The molecule has 1 aromatic rings. The Morgan fingerprint density at radius 1 is 1.47 bits per heavy atom. The van der Waals surface area contributed by atoms with E-state index in [9.17, 15) is 4.79 Å². The lowest BCUT2D eigenvalue weighted by Gasteiger charge is -2.25. The maximum Gasteiger partial charge on any atom is 0.414 e. The first-order valence-electron chi connectivity index (χ1n) is 5.51. The van der Waals surface area contributed by atoms with Crippen LogP contribution in [0.5, 0.6) is 0 Å². The van der Waals surface area contributed by atoms with E-state index < -0.39 is 5.60 Å². The van der Waals surface area contributed by atoms with E-state index in [1.54, 1.807) is 17.3 Å². The van der Waals surface area contributed by atoms with Crippen molar-refractivity contribution in [1.82, 2.24) is 4.98 Å². The first-order valence-corrected chi connectivity index (χ1v) is 6.31. The van der Waals surface area contributed by atoms with Gasteiger partial charge in [-0.3, -0.25) is 9.88 Å². The largest absolute Gasteiger partial charge is 0.443 e. The molecule has 0 aromatic carbocycles. The normalized spacial score (nSPS) is 14.7. The molecule has 5 heteroatoms. The zero-order valence-electron chi connectivity index (χ0n) is 10.2. The van der Waals surface area contributed by atoms with Crippen LogP contribution in [0.1, 0.15) is 26.3 Å². The molecule has 0 fully saturated rings. The first-order chi connectivity index (χ1) is 7.88. The predicted molar refractivity (Wildman–Crippen MR) is 69.2 cm³/mol. The van der Waals surface area contributed by atoms with Crippen molar-refractivity contribution < 1.29 is 9.53 Å². The van der Waals surface area contributed by atoms with Crippen LogP contribution < -0.4 is 4.90 Å². The summed E-state index contributed by atoms with van der Waals surface area (Å²) in [6.07, 6.45) is 4.01. The van der Waals surface area contributed by atoms with Crippen LogP contribution in [-0.2, 0) is 11.2 Å². The molecular weight excluding hydrogens is 284 g/mol. The number of pyridine rings is 1. The second kappa shape index (κ2) is 4.29. The molecule has 92 valence electrons. The van der Waals surface area contributed by atoms with Crippen molar-refractivity contribution >= 4 is 27.7 Å². The summed E-state index contributed by atoms with van der Waals surface area (Å²) in [4.78, 5) is 17.8. The summed E-state index contributed by atoms with van der Waals surface area (Å²) in [5, 5.41) is 0. The highest BCUT2D eigenvalue weighted by Gasteiger charge is 2.30. The third-order valence-electron chi connectivity index (χ3n) is 2.44. The molecule has 1 aliphatic heterocycles. The Labute approximate surface area is 109 Å². The van der Waals surface area contributed by atoms with Crippen LogP contribution in [0.25, 0.3) is 0 Å². The number of ether oxygens (including phenoxy) is 1. The van der Waals surface area contributed by atoms with Gasteiger partial charge in [0.15, 0.2) is 0 Å². The number of carbonyl (C=O) groups excluding carboxylic acids is 1. The van der Waals surface area contributed by atoms with E-state index in [-0.39, 0.29) is 6.09 Å². The fraction of sp³-hybridized carbons (Fsp3) is 0.500. The number of halogens is 1. The molecule has 17 heavy (non-hydrogen) atoms. The summed E-state index contributed by atoms with van der Waals surface area (Å²) < 4.78 is 6.21. The number of carbonyl (C=O) groups is 1. The maximum atomic E-state index is 12.0. The number of anilines is 1. The van der Waals surface area contributed by atoms with E-state index in [4.69, 9.17) is 4.74 Å². The maximum absolute atomic E-state index is 12.0. The van der Waals surface area contributed by atoms with Gasteiger partial charge in [0.25, 0.3) is 0 Å². The lowest BCUT2D eigenvalue weighted by Crippen LogP contribution is -2.35. The smallest absolute Gasteiger partial charge is 0.414 e. The van der Waals surface area contributed by atoms with Crippen LogP contribution in [0.2, 0.25) is 0 Å². The average Bonchev–Trinajstić information content (AvgIpc) is 2.60. The molecule has 0 saturated heterocycles. The van der Waals surface area contributed by atoms with E-state index >= 15 is 0 Å². The zero-order chi connectivity index (χ0) is 12.6. The summed E-state index contributed by atoms with van der Waals surface area (Å²) in [7, 11) is 0. The predicted octanol–water partition coefficient (Wildman–Crippen LogP) is 3.14. The molecule has 0 unspecified atom stereocenters. The van der Waals surface area contributed by atoms with Gasteiger partial charge in [-0.2, -0.15) is 0 Å². The molecule has 0 bridgehead atoms. The molecule has 0 aliphatic carbocycles. The van der Waals surface area contributed by atoms with Crippen molar-refractivity contribution in [1.29, 1.82) is 0 Å². The van der Waals surface area contributed by atoms with Gasteiger partial charge in [-0.15, -0.1) is 0 Å². The quantitative estimate of drug-likeness (QED) is 0.739. The van der Waals surface area contributed by atoms with Gasteiger partial charge in [0.1, 0.15) is 5.60 Å². The van der Waals surface area contributed by atoms with E-state index in [2.05, 4.69) is 20.9 Å². The zero-order valence-corrected chi connectivity index (χ0v) is 11.7. The van der Waals surface area contributed by atoms with Gasteiger partial charge >= 0.3 is 6.09 Å². The molecule has 0 spiro atoms. The van der Waals surface area contributed by atoms with Crippen molar-refractivity contribution in [2.45, 2.75) is 32.8 Å². The lowest BCUT2D eigenvalue weighted by molar-refractivity contribution is 0.0584. The fourth-order valence-electron chi connectivity index (χ4n) is 1.80. The third-order valence-corrected chi connectivity index (χ3v) is 3.02. The number of amides is 1. The van der Waals surface area contributed by atoms with Gasteiger partial charge in [-0.25, -0.2) is 4.79 Å². The Bertz CT molecular complexity index is 454. The van der Waals surface area contributed by atoms with Gasteiger partial charge in [-0.05, 0) is 48.7 Å². The summed E-state index contributed by atoms with van der Waals surface area (Å²) in [6.45, 7) is 6.24. The van der Waals surface area contributed by atoms with Crippen LogP contribution in [-0.4, -0.2) is 23.2 Å². The molecule has 2 rings (SSSR count). The summed E-state index contributed by atoms with van der Waals surface area (Å²) in [6, 6.07) is 0. The fourth-order valence-corrected chi connectivity index (χ4v) is 2.38. The topological polar surface area (TPSA) is 42.4 Å². The SMILES string of the molecule is CC(C)(C)OC(=O)N1CCc2cncc(Br)c21. The minimum absolute atomic E-state index is 0.303. The molecule has 1 aliphatic rings. The van der Waals surface area contributed by atoms with E-state index in [1.807, 2.05) is 20.8 Å². The van der Waals surface area contributed by atoms with Crippen molar-refractivity contribution in [2.24, 2.45) is 0 Å².